The molecule has 1 saturated heterocycles. The van der Waals surface area contributed by atoms with Gasteiger partial charge in [-0.25, -0.2) is 0 Å². The third-order valence-electron chi connectivity index (χ3n) is 5.15. The molecule has 0 radical (unpaired) electrons. The number of amides is 2. The lowest BCUT2D eigenvalue weighted by atomic mass is 9.95. The molecule has 2 aromatic carbocycles. The summed E-state index contributed by atoms with van der Waals surface area (Å²) in [7, 11) is 1.63. The van der Waals surface area contributed by atoms with Crippen LogP contribution in [0.15, 0.2) is 42.5 Å². The Balaban J connectivity index is 1.53. The summed E-state index contributed by atoms with van der Waals surface area (Å²) in [5.41, 5.74) is 9.39. The van der Waals surface area contributed by atoms with Crippen LogP contribution in [0.3, 0.4) is 0 Å². The highest BCUT2D eigenvalue weighted by Gasteiger charge is 2.34. The van der Waals surface area contributed by atoms with E-state index >= 15 is 0 Å². The van der Waals surface area contributed by atoms with Gasteiger partial charge in [-0.2, -0.15) is 0 Å². The molecular weight excluding hydrogens is 344 g/mol. The van der Waals surface area contributed by atoms with E-state index in [1.807, 2.05) is 30.3 Å². The van der Waals surface area contributed by atoms with E-state index in [-0.39, 0.29) is 30.3 Å². The number of carbonyl (C=O) groups excluding carboxylic acids is 2. The minimum Gasteiger partial charge on any atom is -0.497 e. The zero-order valence-corrected chi connectivity index (χ0v) is 15.1. The first-order chi connectivity index (χ1) is 13.0. The molecule has 0 saturated carbocycles. The van der Waals surface area contributed by atoms with E-state index in [1.54, 1.807) is 24.1 Å². The summed E-state index contributed by atoms with van der Waals surface area (Å²) >= 11 is 0. The van der Waals surface area contributed by atoms with Gasteiger partial charge in [-0.15, -0.1) is 0 Å². The average Bonchev–Trinajstić information content (AvgIpc) is 3.08. The van der Waals surface area contributed by atoms with Crippen LogP contribution >= 0.6 is 0 Å². The smallest absolute Gasteiger partial charge is 0.254 e. The maximum absolute atomic E-state index is 13.0. The molecule has 0 aromatic heterocycles. The number of rotatable bonds is 3. The number of methoxy groups -OCH3 is 1. The van der Waals surface area contributed by atoms with Gasteiger partial charge < -0.3 is 26.0 Å². The Kier molecular flexibility index (Phi) is 4.45. The molecule has 2 amide bonds. The number of nitrogens with zero attached hydrogens (tertiary/aromatic N) is 1. The number of ether oxygens (including phenoxy) is 1. The molecule has 2 atom stereocenters. The molecule has 1 fully saturated rings. The molecular formula is C20H22N4O3. The molecule has 0 spiro atoms. The molecule has 140 valence electrons. The summed E-state index contributed by atoms with van der Waals surface area (Å²) in [5.74, 6) is 0.636. The van der Waals surface area contributed by atoms with E-state index in [2.05, 4.69) is 10.6 Å². The van der Waals surface area contributed by atoms with Crippen LogP contribution in [0.25, 0.3) is 0 Å². The minimum absolute atomic E-state index is 0.0584. The van der Waals surface area contributed by atoms with Gasteiger partial charge in [0, 0.05) is 30.6 Å². The number of nitrogens with two attached hydrogens (primary N) is 1. The Morgan fingerprint density at radius 1 is 1.19 bits per heavy atom. The normalized spacial score (nSPS) is 21.3. The standard InChI is InChI=1S/C20H22N4O3/c1-27-14-4-2-3-12(7-14)15-10-24(11-16(15)21)20(26)13-5-6-17-18(8-13)23-19(25)9-22-17/h2-8,15-16,22H,9-11,21H2,1H3,(H,23,25)/t15-,16+/m1/s1. The van der Waals surface area contributed by atoms with Crippen molar-refractivity contribution in [1.29, 1.82) is 0 Å². The number of likely N-dealkylation sites (tertiary alicyclic amines) is 1. The molecule has 2 heterocycles. The second-order valence-corrected chi connectivity index (χ2v) is 6.92. The average molecular weight is 366 g/mol. The first-order valence-corrected chi connectivity index (χ1v) is 8.92. The van der Waals surface area contributed by atoms with Gasteiger partial charge in [0.05, 0.1) is 25.0 Å². The highest BCUT2D eigenvalue weighted by molar-refractivity contribution is 6.03. The quantitative estimate of drug-likeness (QED) is 0.767. The second kappa shape index (κ2) is 6.92. The van der Waals surface area contributed by atoms with Crippen molar-refractivity contribution < 1.29 is 14.3 Å². The number of hydrogen-bond acceptors (Lipinski definition) is 5. The van der Waals surface area contributed by atoms with Crippen molar-refractivity contribution in [1.82, 2.24) is 4.90 Å². The first kappa shape index (κ1) is 17.4. The summed E-state index contributed by atoms with van der Waals surface area (Å²) in [5, 5.41) is 5.82. The molecule has 2 aliphatic rings. The van der Waals surface area contributed by atoms with Crippen LogP contribution in [0.2, 0.25) is 0 Å². The predicted molar refractivity (Wildman–Crippen MR) is 103 cm³/mol. The van der Waals surface area contributed by atoms with Crippen molar-refractivity contribution in [3.63, 3.8) is 0 Å². The van der Waals surface area contributed by atoms with Crippen LogP contribution in [-0.2, 0) is 4.79 Å². The molecule has 7 heteroatoms. The third-order valence-corrected chi connectivity index (χ3v) is 5.15. The Morgan fingerprint density at radius 3 is 2.85 bits per heavy atom. The van der Waals surface area contributed by atoms with E-state index < -0.39 is 0 Å². The molecule has 2 aliphatic heterocycles. The number of hydrogen-bond donors (Lipinski definition) is 3. The molecule has 4 N–H and O–H groups in total. The topological polar surface area (TPSA) is 96.7 Å². The Hall–Kier alpha value is -3.06. The maximum atomic E-state index is 13.0. The SMILES string of the molecule is COc1cccc([C@H]2CN(C(=O)c3ccc4c(c3)NC(=O)CN4)C[C@@H]2N)c1. The van der Waals surface area contributed by atoms with Gasteiger partial charge in [-0.3, -0.25) is 9.59 Å². The van der Waals surface area contributed by atoms with Crippen molar-refractivity contribution in [2.45, 2.75) is 12.0 Å². The van der Waals surface area contributed by atoms with Gasteiger partial charge in [0.25, 0.3) is 5.91 Å². The van der Waals surface area contributed by atoms with Gasteiger partial charge in [-0.1, -0.05) is 12.1 Å². The lowest BCUT2D eigenvalue weighted by Gasteiger charge is -2.21. The summed E-state index contributed by atoms with van der Waals surface area (Å²) in [4.78, 5) is 26.3. The van der Waals surface area contributed by atoms with Crippen LogP contribution in [0.4, 0.5) is 11.4 Å². The maximum Gasteiger partial charge on any atom is 0.254 e. The van der Waals surface area contributed by atoms with Gasteiger partial charge in [-0.05, 0) is 35.9 Å². The fraction of sp³-hybridized carbons (Fsp3) is 0.300. The molecule has 2 aromatic rings. The van der Waals surface area contributed by atoms with Crippen molar-refractivity contribution in [3.05, 3.63) is 53.6 Å². The van der Waals surface area contributed by atoms with E-state index in [0.29, 0.717) is 24.3 Å². The fourth-order valence-corrected chi connectivity index (χ4v) is 3.71. The van der Waals surface area contributed by atoms with Gasteiger partial charge >= 0.3 is 0 Å². The second-order valence-electron chi connectivity index (χ2n) is 6.92. The van der Waals surface area contributed by atoms with Crippen LogP contribution in [0, 0.1) is 0 Å². The highest BCUT2D eigenvalue weighted by Crippen LogP contribution is 2.31. The summed E-state index contributed by atoms with van der Waals surface area (Å²) < 4.78 is 5.29. The van der Waals surface area contributed by atoms with Crippen LogP contribution in [0.1, 0.15) is 21.8 Å². The number of fused-ring (bicyclic) bond motifs is 1. The van der Waals surface area contributed by atoms with Gasteiger partial charge in [0.15, 0.2) is 0 Å². The van der Waals surface area contributed by atoms with Gasteiger partial charge in [0.2, 0.25) is 5.91 Å². The monoisotopic (exact) mass is 366 g/mol. The molecule has 7 nitrogen and oxygen atoms in total. The molecule has 0 unspecified atom stereocenters. The number of anilines is 2. The number of carbonyl (C=O) groups is 2. The van der Waals surface area contributed by atoms with Crippen LogP contribution in [-0.4, -0.2) is 49.5 Å². The van der Waals surface area contributed by atoms with E-state index in [0.717, 1.165) is 17.0 Å². The highest BCUT2D eigenvalue weighted by atomic mass is 16.5. The Bertz CT molecular complexity index is 899. The molecule has 4 rings (SSSR count). The third kappa shape index (κ3) is 3.33. The Labute approximate surface area is 157 Å². The van der Waals surface area contributed by atoms with E-state index in [1.165, 1.54) is 0 Å². The fourth-order valence-electron chi connectivity index (χ4n) is 3.71. The largest absolute Gasteiger partial charge is 0.497 e. The molecule has 27 heavy (non-hydrogen) atoms. The zero-order chi connectivity index (χ0) is 19.0. The minimum atomic E-state index is -0.139. The summed E-state index contributed by atoms with van der Waals surface area (Å²) in [6.07, 6.45) is 0. The van der Waals surface area contributed by atoms with Crippen molar-refractivity contribution in [2.24, 2.45) is 5.73 Å². The molecule has 0 bridgehead atoms. The summed E-state index contributed by atoms with van der Waals surface area (Å²) in [6, 6.07) is 13.0. The lowest BCUT2D eigenvalue weighted by Crippen LogP contribution is -2.32. The number of benzene rings is 2. The first-order valence-electron chi connectivity index (χ1n) is 8.92. The Morgan fingerprint density at radius 2 is 2.04 bits per heavy atom. The zero-order valence-electron chi connectivity index (χ0n) is 15.1. The van der Waals surface area contributed by atoms with Crippen LogP contribution in [0.5, 0.6) is 5.75 Å². The molecule has 0 aliphatic carbocycles. The number of nitrogens with one attached hydrogen (secondary N) is 2. The van der Waals surface area contributed by atoms with Crippen molar-refractivity contribution in [2.75, 3.05) is 37.4 Å². The lowest BCUT2D eigenvalue weighted by molar-refractivity contribution is -0.114. The van der Waals surface area contributed by atoms with E-state index in [4.69, 9.17) is 10.5 Å². The van der Waals surface area contributed by atoms with Gasteiger partial charge in [0.1, 0.15) is 5.75 Å². The van der Waals surface area contributed by atoms with E-state index in [9.17, 15) is 9.59 Å². The van der Waals surface area contributed by atoms with Crippen molar-refractivity contribution >= 4 is 23.2 Å². The van der Waals surface area contributed by atoms with Crippen LogP contribution < -0.4 is 21.1 Å². The summed E-state index contributed by atoms with van der Waals surface area (Å²) in [6.45, 7) is 1.28. The predicted octanol–water partition coefficient (Wildman–Crippen LogP) is 1.63. The van der Waals surface area contributed by atoms with Crippen molar-refractivity contribution in [3.8, 4) is 5.75 Å².